The lowest BCUT2D eigenvalue weighted by molar-refractivity contribution is 0.117. The summed E-state index contributed by atoms with van der Waals surface area (Å²) in [5, 5.41) is 13.2. The monoisotopic (exact) mass is 192 g/mol. The summed E-state index contributed by atoms with van der Waals surface area (Å²) in [7, 11) is 0. The van der Waals surface area contributed by atoms with Crippen molar-refractivity contribution >= 4 is 0 Å². The molecule has 1 saturated heterocycles. The Balaban J connectivity index is 1.90. The van der Waals surface area contributed by atoms with Crippen molar-refractivity contribution in [2.24, 2.45) is 5.92 Å². The normalized spacial score (nSPS) is 23.6. The molecule has 1 aliphatic rings. The van der Waals surface area contributed by atoms with Gasteiger partial charge >= 0.3 is 0 Å². The van der Waals surface area contributed by atoms with Crippen LogP contribution in [0.15, 0.2) is 24.5 Å². The first-order valence-electron chi connectivity index (χ1n) is 5.14. The van der Waals surface area contributed by atoms with E-state index in [1.807, 2.05) is 18.3 Å². The molecule has 0 saturated carbocycles. The minimum atomic E-state index is -0.228. The third-order valence-corrected chi connectivity index (χ3v) is 2.81. The van der Waals surface area contributed by atoms with Gasteiger partial charge in [0, 0.05) is 25.4 Å². The van der Waals surface area contributed by atoms with Gasteiger partial charge in [-0.2, -0.15) is 0 Å². The van der Waals surface area contributed by atoms with E-state index >= 15 is 0 Å². The number of hydrogen-bond acceptors (Lipinski definition) is 3. The molecule has 1 unspecified atom stereocenters. The summed E-state index contributed by atoms with van der Waals surface area (Å²) in [5.41, 5.74) is 1.12. The maximum absolute atomic E-state index is 9.93. The fourth-order valence-electron chi connectivity index (χ4n) is 1.93. The minimum Gasteiger partial charge on any atom is -0.392 e. The van der Waals surface area contributed by atoms with Crippen LogP contribution in [0.2, 0.25) is 0 Å². The van der Waals surface area contributed by atoms with Crippen LogP contribution in [0, 0.1) is 5.92 Å². The molecule has 1 aromatic rings. The van der Waals surface area contributed by atoms with Gasteiger partial charge in [0.25, 0.3) is 0 Å². The number of aromatic nitrogens is 1. The van der Waals surface area contributed by atoms with Crippen molar-refractivity contribution in [3.8, 4) is 0 Å². The van der Waals surface area contributed by atoms with Crippen LogP contribution >= 0.6 is 0 Å². The Labute approximate surface area is 84.2 Å². The van der Waals surface area contributed by atoms with Crippen LogP contribution in [0.4, 0.5) is 0 Å². The van der Waals surface area contributed by atoms with E-state index in [4.69, 9.17) is 0 Å². The molecule has 0 radical (unpaired) electrons. The predicted octanol–water partition coefficient (Wildman–Crippen LogP) is 0.594. The van der Waals surface area contributed by atoms with Crippen molar-refractivity contribution in [1.29, 1.82) is 0 Å². The zero-order valence-corrected chi connectivity index (χ0v) is 8.19. The molecule has 2 rings (SSSR count). The number of nitrogens with one attached hydrogen (secondary N) is 1. The average Bonchev–Trinajstić information content (AvgIpc) is 2.72. The van der Waals surface area contributed by atoms with E-state index in [-0.39, 0.29) is 6.10 Å². The second-order valence-corrected chi connectivity index (χ2v) is 3.89. The van der Waals surface area contributed by atoms with E-state index in [2.05, 4.69) is 10.3 Å². The molecular weight excluding hydrogens is 176 g/mol. The van der Waals surface area contributed by atoms with Crippen molar-refractivity contribution in [2.45, 2.75) is 18.9 Å². The Morgan fingerprint density at radius 1 is 1.64 bits per heavy atom. The van der Waals surface area contributed by atoms with Gasteiger partial charge in [-0.3, -0.25) is 4.98 Å². The van der Waals surface area contributed by atoms with Gasteiger partial charge < -0.3 is 10.4 Å². The summed E-state index contributed by atoms with van der Waals surface area (Å²) in [5.74, 6) is 0.412. The summed E-state index contributed by atoms with van der Waals surface area (Å²) >= 11 is 0. The second-order valence-electron chi connectivity index (χ2n) is 3.89. The Hall–Kier alpha value is -0.930. The van der Waals surface area contributed by atoms with Crippen LogP contribution in [0.25, 0.3) is 0 Å². The largest absolute Gasteiger partial charge is 0.392 e. The quantitative estimate of drug-likeness (QED) is 0.737. The molecule has 2 N–H and O–H groups in total. The predicted molar refractivity (Wildman–Crippen MR) is 54.9 cm³/mol. The molecule has 0 spiro atoms. The fourth-order valence-corrected chi connectivity index (χ4v) is 1.93. The van der Waals surface area contributed by atoms with Gasteiger partial charge in [-0.05, 0) is 30.5 Å². The molecule has 0 aliphatic carbocycles. The molecule has 3 nitrogen and oxygen atoms in total. The summed E-state index contributed by atoms with van der Waals surface area (Å²) in [4.78, 5) is 4.04. The number of aliphatic hydroxyl groups excluding tert-OH is 1. The standard InChI is InChI=1S/C11H16N2O/c14-11(10-3-5-13-8-10)6-9-2-1-4-12-7-9/h1-2,4,7,10-11,13-14H,3,5-6,8H2/t10-,11?/m0/s1. The Bertz CT molecular complexity index is 270. The SMILES string of the molecule is OC(Cc1cccnc1)[C@H]1CCNC1. The van der Waals surface area contributed by atoms with Crippen LogP contribution < -0.4 is 5.32 Å². The van der Waals surface area contributed by atoms with Crippen LogP contribution in [-0.2, 0) is 6.42 Å². The summed E-state index contributed by atoms with van der Waals surface area (Å²) in [6, 6.07) is 3.92. The lowest BCUT2D eigenvalue weighted by Gasteiger charge is -2.16. The molecular formula is C11H16N2O. The van der Waals surface area contributed by atoms with Crippen LogP contribution in [0.1, 0.15) is 12.0 Å². The summed E-state index contributed by atoms with van der Waals surface area (Å²) < 4.78 is 0. The average molecular weight is 192 g/mol. The highest BCUT2D eigenvalue weighted by Gasteiger charge is 2.22. The zero-order chi connectivity index (χ0) is 9.80. The van der Waals surface area contributed by atoms with E-state index < -0.39 is 0 Å². The maximum Gasteiger partial charge on any atom is 0.0621 e. The highest BCUT2D eigenvalue weighted by Crippen LogP contribution is 2.16. The molecule has 3 heteroatoms. The van der Waals surface area contributed by atoms with E-state index in [0.717, 1.165) is 31.5 Å². The number of aliphatic hydroxyl groups is 1. The molecule has 2 atom stereocenters. The molecule has 1 fully saturated rings. The van der Waals surface area contributed by atoms with Crippen molar-refractivity contribution in [1.82, 2.24) is 10.3 Å². The second kappa shape index (κ2) is 4.53. The maximum atomic E-state index is 9.93. The van der Waals surface area contributed by atoms with Crippen molar-refractivity contribution in [2.75, 3.05) is 13.1 Å². The van der Waals surface area contributed by atoms with Gasteiger partial charge in [0.05, 0.1) is 6.10 Å². The third-order valence-electron chi connectivity index (χ3n) is 2.81. The number of rotatable bonds is 3. The molecule has 0 amide bonds. The lowest BCUT2D eigenvalue weighted by Crippen LogP contribution is -2.24. The van der Waals surface area contributed by atoms with Gasteiger partial charge in [0.15, 0.2) is 0 Å². The van der Waals surface area contributed by atoms with Gasteiger partial charge in [0.2, 0.25) is 0 Å². The van der Waals surface area contributed by atoms with Gasteiger partial charge in [0.1, 0.15) is 0 Å². The molecule has 1 aromatic heterocycles. The first kappa shape index (κ1) is 9.62. The van der Waals surface area contributed by atoms with Crippen molar-refractivity contribution in [3.63, 3.8) is 0 Å². The first-order chi connectivity index (χ1) is 6.86. The summed E-state index contributed by atoms with van der Waals surface area (Å²) in [6.45, 7) is 1.98. The highest BCUT2D eigenvalue weighted by molar-refractivity contribution is 5.10. The van der Waals surface area contributed by atoms with E-state index in [0.29, 0.717) is 5.92 Å². The van der Waals surface area contributed by atoms with Crippen LogP contribution in [-0.4, -0.2) is 29.3 Å². The number of pyridine rings is 1. The Morgan fingerprint density at radius 3 is 3.21 bits per heavy atom. The molecule has 1 aliphatic heterocycles. The minimum absolute atomic E-state index is 0.228. The molecule has 0 aromatic carbocycles. The fraction of sp³-hybridized carbons (Fsp3) is 0.545. The summed E-state index contributed by atoms with van der Waals surface area (Å²) in [6.07, 6.45) is 5.16. The Morgan fingerprint density at radius 2 is 2.57 bits per heavy atom. The Kier molecular flexibility index (Phi) is 3.11. The molecule has 14 heavy (non-hydrogen) atoms. The van der Waals surface area contributed by atoms with Crippen molar-refractivity contribution < 1.29 is 5.11 Å². The number of nitrogens with zero attached hydrogens (tertiary/aromatic N) is 1. The van der Waals surface area contributed by atoms with E-state index in [1.54, 1.807) is 6.20 Å². The van der Waals surface area contributed by atoms with Crippen molar-refractivity contribution in [3.05, 3.63) is 30.1 Å². The molecule has 76 valence electrons. The zero-order valence-electron chi connectivity index (χ0n) is 8.19. The van der Waals surface area contributed by atoms with Gasteiger partial charge in [-0.1, -0.05) is 6.07 Å². The third kappa shape index (κ3) is 2.30. The van der Waals surface area contributed by atoms with Crippen LogP contribution in [0.3, 0.4) is 0 Å². The van der Waals surface area contributed by atoms with Gasteiger partial charge in [-0.15, -0.1) is 0 Å². The smallest absolute Gasteiger partial charge is 0.0621 e. The van der Waals surface area contributed by atoms with E-state index in [1.165, 1.54) is 0 Å². The highest BCUT2D eigenvalue weighted by atomic mass is 16.3. The van der Waals surface area contributed by atoms with Gasteiger partial charge in [-0.25, -0.2) is 0 Å². The molecule has 2 heterocycles. The molecule has 0 bridgehead atoms. The van der Waals surface area contributed by atoms with E-state index in [9.17, 15) is 5.11 Å². The first-order valence-corrected chi connectivity index (χ1v) is 5.14. The topological polar surface area (TPSA) is 45.2 Å². The van der Waals surface area contributed by atoms with Crippen LogP contribution in [0.5, 0.6) is 0 Å². The lowest BCUT2D eigenvalue weighted by atomic mass is 9.96. The number of hydrogen-bond donors (Lipinski definition) is 2.